The van der Waals surface area contributed by atoms with Crippen molar-refractivity contribution >= 4 is 38.7 Å². The number of anilines is 2. The largest absolute Gasteiger partial charge is 0.351 e. The van der Waals surface area contributed by atoms with E-state index in [1.54, 1.807) is 12.3 Å². The molecule has 2 aromatic heterocycles. The average Bonchev–Trinajstić information content (AvgIpc) is 3.35. The predicted molar refractivity (Wildman–Crippen MR) is 167 cm³/mol. The minimum Gasteiger partial charge on any atom is -0.351 e. The number of hydrogen-bond acceptors (Lipinski definition) is 4. The third-order valence-electron chi connectivity index (χ3n) is 7.53. The number of pyridine rings is 1. The molecule has 1 aliphatic heterocycles. The predicted octanol–water partition coefficient (Wildman–Crippen LogP) is 6.27. The average molecular weight is 574 g/mol. The Morgan fingerprint density at radius 2 is 1.62 bits per heavy atom. The molecule has 0 bridgehead atoms. The zero-order valence-electron chi connectivity index (χ0n) is 23.9. The minimum atomic E-state index is -3.40. The van der Waals surface area contributed by atoms with E-state index in [0.29, 0.717) is 10.8 Å². The highest BCUT2D eigenvalue weighted by molar-refractivity contribution is 7.92. The third kappa shape index (κ3) is 5.11. The summed E-state index contributed by atoms with van der Waals surface area (Å²) >= 11 is 5.94. The first kappa shape index (κ1) is 27.9. The fraction of sp³-hybridized carbons (Fsp3) is 0.290. The van der Waals surface area contributed by atoms with Gasteiger partial charge >= 0.3 is 0 Å². The molecule has 0 amide bonds. The van der Waals surface area contributed by atoms with Crippen LogP contribution < -0.4 is 14.9 Å². The van der Waals surface area contributed by atoms with Crippen molar-refractivity contribution in [2.45, 2.75) is 53.6 Å². The van der Waals surface area contributed by atoms with Crippen LogP contribution >= 0.6 is 12.2 Å². The topological polar surface area (TPSA) is 79.3 Å². The number of thiocarbonyl (C=S) groups is 1. The van der Waals surface area contributed by atoms with Crippen molar-refractivity contribution in [3.8, 4) is 5.69 Å². The number of nitrogens with zero attached hydrogens (tertiary/aromatic N) is 3. The van der Waals surface area contributed by atoms with Crippen molar-refractivity contribution in [3.05, 3.63) is 106 Å². The molecule has 2 aromatic carbocycles. The van der Waals surface area contributed by atoms with Crippen LogP contribution in [0.3, 0.4) is 0 Å². The summed E-state index contributed by atoms with van der Waals surface area (Å²) in [6.45, 7) is 12.7. The van der Waals surface area contributed by atoms with E-state index in [1.165, 1.54) is 22.4 Å². The van der Waals surface area contributed by atoms with Gasteiger partial charge in [0, 0.05) is 23.3 Å². The van der Waals surface area contributed by atoms with Crippen molar-refractivity contribution in [1.29, 1.82) is 0 Å². The Morgan fingerprint density at radius 1 is 0.925 bits per heavy atom. The van der Waals surface area contributed by atoms with E-state index < -0.39 is 10.0 Å². The second-order valence-electron chi connectivity index (χ2n) is 10.8. The normalized spacial score (nSPS) is 17.3. The molecule has 0 spiro atoms. The molecular formula is C31H35N5O2S2. The van der Waals surface area contributed by atoms with Gasteiger partial charge in [-0.15, -0.1) is 0 Å². The van der Waals surface area contributed by atoms with Crippen molar-refractivity contribution in [2.75, 3.05) is 15.9 Å². The first-order chi connectivity index (χ1) is 18.9. The maximum Gasteiger partial charge on any atom is 0.229 e. The Labute approximate surface area is 242 Å². The van der Waals surface area contributed by atoms with Gasteiger partial charge in [-0.3, -0.25) is 9.71 Å². The van der Waals surface area contributed by atoms with Crippen LogP contribution in [-0.2, 0) is 10.0 Å². The SMILES string of the molecule is Cc1cc(C)c(-n2c(C)cc([C@H]3[C@@H](c4ccccn4)NC(=S)N3c3ccc(NS(C)(=O)=O)c(C)c3)c2C)c(C)c1. The van der Waals surface area contributed by atoms with Gasteiger partial charge in [-0.05, 0) is 112 Å². The van der Waals surface area contributed by atoms with Crippen LogP contribution in [0.4, 0.5) is 11.4 Å². The number of nitrogens with one attached hydrogen (secondary N) is 2. The summed E-state index contributed by atoms with van der Waals surface area (Å²) in [5, 5.41) is 4.13. The molecule has 4 aromatic rings. The smallest absolute Gasteiger partial charge is 0.229 e. The lowest BCUT2D eigenvalue weighted by atomic mass is 9.96. The monoisotopic (exact) mass is 573 g/mol. The molecule has 0 aliphatic carbocycles. The van der Waals surface area contributed by atoms with Crippen molar-refractivity contribution in [2.24, 2.45) is 0 Å². The van der Waals surface area contributed by atoms with Gasteiger partial charge < -0.3 is 14.8 Å². The zero-order valence-corrected chi connectivity index (χ0v) is 25.5. The Morgan fingerprint density at radius 3 is 2.23 bits per heavy atom. The maximum atomic E-state index is 11.9. The number of hydrogen-bond donors (Lipinski definition) is 2. The number of rotatable bonds is 6. The molecule has 208 valence electrons. The van der Waals surface area contributed by atoms with E-state index in [9.17, 15) is 8.42 Å². The summed E-state index contributed by atoms with van der Waals surface area (Å²) in [4.78, 5) is 6.83. The zero-order chi connectivity index (χ0) is 28.9. The third-order valence-corrected chi connectivity index (χ3v) is 8.43. The first-order valence-electron chi connectivity index (χ1n) is 13.2. The molecule has 2 atom stereocenters. The van der Waals surface area contributed by atoms with Crippen molar-refractivity contribution < 1.29 is 8.42 Å². The van der Waals surface area contributed by atoms with Crippen LogP contribution in [0.15, 0.2) is 60.8 Å². The van der Waals surface area contributed by atoms with Gasteiger partial charge in [0.25, 0.3) is 0 Å². The lowest BCUT2D eigenvalue weighted by Crippen LogP contribution is -2.29. The molecule has 0 saturated carbocycles. The van der Waals surface area contributed by atoms with E-state index in [1.807, 2.05) is 37.3 Å². The van der Waals surface area contributed by atoms with Gasteiger partial charge in [-0.2, -0.15) is 0 Å². The molecule has 7 nitrogen and oxygen atoms in total. The minimum absolute atomic E-state index is 0.179. The van der Waals surface area contributed by atoms with Gasteiger partial charge in [-0.25, -0.2) is 8.42 Å². The maximum absolute atomic E-state index is 11.9. The second kappa shape index (κ2) is 10.4. The molecule has 0 unspecified atom stereocenters. The molecule has 9 heteroatoms. The van der Waals surface area contributed by atoms with E-state index >= 15 is 0 Å². The highest BCUT2D eigenvalue weighted by Gasteiger charge is 2.42. The molecule has 1 fully saturated rings. The Balaban J connectivity index is 1.68. The molecule has 0 radical (unpaired) electrons. The fourth-order valence-corrected chi connectivity index (χ4v) is 6.99. The summed E-state index contributed by atoms with van der Waals surface area (Å²) < 4.78 is 28.7. The number of aromatic nitrogens is 2. The lowest BCUT2D eigenvalue weighted by Gasteiger charge is -2.29. The Hall–Kier alpha value is -3.69. The number of benzene rings is 2. The summed E-state index contributed by atoms with van der Waals surface area (Å²) in [7, 11) is -3.40. The van der Waals surface area contributed by atoms with Crippen LogP contribution in [0.5, 0.6) is 0 Å². The van der Waals surface area contributed by atoms with E-state index in [2.05, 4.69) is 72.3 Å². The highest BCUT2D eigenvalue weighted by atomic mass is 32.2. The van der Waals surface area contributed by atoms with Gasteiger partial charge in [0.05, 0.1) is 35.4 Å². The number of sulfonamides is 1. The summed E-state index contributed by atoms with van der Waals surface area (Å²) in [5.41, 5.74) is 11.5. The Kier molecular flexibility index (Phi) is 7.22. The quantitative estimate of drug-likeness (QED) is 0.265. The molecular weight excluding hydrogens is 539 g/mol. The summed E-state index contributed by atoms with van der Waals surface area (Å²) in [6.07, 6.45) is 2.96. The second-order valence-corrected chi connectivity index (χ2v) is 12.9. The molecule has 1 saturated heterocycles. The van der Waals surface area contributed by atoms with Crippen molar-refractivity contribution in [3.63, 3.8) is 0 Å². The van der Waals surface area contributed by atoms with Gasteiger partial charge in [0.15, 0.2) is 5.11 Å². The molecule has 40 heavy (non-hydrogen) atoms. The van der Waals surface area contributed by atoms with E-state index in [-0.39, 0.29) is 12.1 Å². The van der Waals surface area contributed by atoms with Gasteiger partial charge in [0.2, 0.25) is 10.0 Å². The standard InChI is InChI=1S/C31H35N5O2S2/c1-18-14-20(3)29(21(4)15-18)35-22(5)17-25(23(35)6)30-28(27-10-8-9-13-32-27)33-31(39)36(30)24-11-12-26(19(2)16-24)34-40(7,37)38/h8-17,28,30,34H,1-7H3,(H,33,39)/t28-,30+/m1/s1. The molecule has 1 aliphatic rings. The van der Waals surface area contributed by atoms with Crippen LogP contribution in [0.2, 0.25) is 0 Å². The summed E-state index contributed by atoms with van der Waals surface area (Å²) in [5.74, 6) is 0. The first-order valence-corrected chi connectivity index (χ1v) is 15.5. The van der Waals surface area contributed by atoms with Gasteiger partial charge in [0.1, 0.15) is 0 Å². The van der Waals surface area contributed by atoms with E-state index in [4.69, 9.17) is 17.2 Å². The number of aryl methyl sites for hydroxylation is 5. The lowest BCUT2D eigenvalue weighted by molar-refractivity contribution is 0.565. The molecule has 2 N–H and O–H groups in total. The fourth-order valence-electron chi connectivity index (χ4n) is 6.02. The summed E-state index contributed by atoms with van der Waals surface area (Å²) in [6, 6.07) is 18.0. The Bertz CT molecular complexity index is 1710. The van der Waals surface area contributed by atoms with Crippen molar-refractivity contribution in [1.82, 2.24) is 14.9 Å². The van der Waals surface area contributed by atoms with Crippen LogP contribution in [0, 0.1) is 41.5 Å². The molecule has 3 heterocycles. The molecule has 5 rings (SSSR count). The van der Waals surface area contributed by atoms with Crippen LogP contribution in [0.1, 0.15) is 57.0 Å². The van der Waals surface area contributed by atoms with Crippen LogP contribution in [-0.4, -0.2) is 29.3 Å². The highest BCUT2D eigenvalue weighted by Crippen LogP contribution is 2.44. The van der Waals surface area contributed by atoms with Crippen LogP contribution in [0.25, 0.3) is 5.69 Å². The van der Waals surface area contributed by atoms with Gasteiger partial charge in [-0.1, -0.05) is 23.8 Å². The van der Waals surface area contributed by atoms with E-state index in [0.717, 1.165) is 40.2 Å².